The molecule has 18 heavy (non-hydrogen) atoms. The lowest BCUT2D eigenvalue weighted by atomic mass is 10.1. The van der Waals surface area contributed by atoms with Gasteiger partial charge in [-0.25, -0.2) is 13.6 Å². The molecule has 1 aromatic heterocycles. The van der Waals surface area contributed by atoms with Gasteiger partial charge in [-0.05, 0) is 4.92 Å². The van der Waals surface area contributed by atoms with Crippen molar-refractivity contribution in [2.45, 2.75) is 6.43 Å². The summed E-state index contributed by atoms with van der Waals surface area (Å²) in [5.74, 6) is -2.67. The van der Waals surface area contributed by atoms with Crippen LogP contribution in [0.4, 0.5) is 14.6 Å². The molecule has 1 rings (SSSR count). The lowest BCUT2D eigenvalue weighted by molar-refractivity contribution is -0.390. The first kappa shape index (κ1) is 13.7. The van der Waals surface area contributed by atoms with Crippen molar-refractivity contribution in [1.82, 2.24) is 4.98 Å². The van der Waals surface area contributed by atoms with E-state index in [1.54, 1.807) is 0 Å². The summed E-state index contributed by atoms with van der Waals surface area (Å²) in [6.07, 6.45) is -3.10. The van der Waals surface area contributed by atoms with Crippen molar-refractivity contribution in [1.29, 1.82) is 0 Å². The fourth-order valence-corrected chi connectivity index (χ4v) is 1.25. The zero-order valence-electron chi connectivity index (χ0n) is 9.35. The number of alkyl halides is 2. The van der Waals surface area contributed by atoms with Crippen molar-refractivity contribution in [2.75, 3.05) is 14.2 Å². The van der Waals surface area contributed by atoms with Gasteiger partial charge in [0.2, 0.25) is 0 Å². The van der Waals surface area contributed by atoms with Gasteiger partial charge in [0.25, 0.3) is 6.43 Å². The van der Waals surface area contributed by atoms with E-state index in [1.165, 1.54) is 0 Å². The third-order valence-electron chi connectivity index (χ3n) is 2.01. The maximum Gasteiger partial charge on any atom is 0.382 e. The van der Waals surface area contributed by atoms with Gasteiger partial charge < -0.3 is 19.6 Å². The van der Waals surface area contributed by atoms with Crippen LogP contribution in [0, 0.1) is 10.1 Å². The van der Waals surface area contributed by atoms with Crippen molar-refractivity contribution in [3.8, 4) is 5.88 Å². The Morgan fingerprint density at radius 2 is 2.11 bits per heavy atom. The lowest BCUT2D eigenvalue weighted by Crippen LogP contribution is -2.12. The number of ether oxygens (including phenoxy) is 2. The average molecular weight is 262 g/mol. The van der Waals surface area contributed by atoms with Crippen molar-refractivity contribution in [3.05, 3.63) is 27.3 Å². The normalized spacial score (nSPS) is 10.3. The summed E-state index contributed by atoms with van der Waals surface area (Å²) in [6.45, 7) is 0. The summed E-state index contributed by atoms with van der Waals surface area (Å²) in [6, 6.07) is 0.754. The number of carbonyl (C=O) groups is 1. The van der Waals surface area contributed by atoms with Crippen LogP contribution < -0.4 is 4.74 Å². The van der Waals surface area contributed by atoms with E-state index in [0.29, 0.717) is 0 Å². The molecule has 0 atom stereocenters. The molecule has 0 aromatic carbocycles. The van der Waals surface area contributed by atoms with Gasteiger partial charge in [0.15, 0.2) is 5.56 Å². The molecular formula is C9H8F2N2O5. The highest BCUT2D eigenvalue weighted by atomic mass is 19.3. The van der Waals surface area contributed by atoms with Crippen LogP contribution in [0.5, 0.6) is 5.88 Å². The number of nitro groups is 1. The molecule has 0 aliphatic heterocycles. The SMILES string of the molecule is COC(=O)c1c(C(F)F)cc(OC)nc1[N+](=O)[O-]. The molecule has 9 heteroatoms. The number of esters is 1. The van der Waals surface area contributed by atoms with E-state index in [9.17, 15) is 23.7 Å². The highest BCUT2D eigenvalue weighted by Crippen LogP contribution is 2.32. The molecule has 0 N–H and O–H groups in total. The Hall–Kier alpha value is -2.32. The van der Waals surface area contributed by atoms with Gasteiger partial charge in [0, 0.05) is 16.6 Å². The van der Waals surface area contributed by atoms with Crippen LogP contribution in [-0.2, 0) is 4.74 Å². The first-order valence-corrected chi connectivity index (χ1v) is 4.52. The zero-order chi connectivity index (χ0) is 13.9. The molecule has 0 spiro atoms. The monoisotopic (exact) mass is 262 g/mol. The Labute approximate surface area is 99.5 Å². The second-order valence-corrected chi connectivity index (χ2v) is 3.00. The van der Waals surface area contributed by atoms with Gasteiger partial charge >= 0.3 is 17.7 Å². The summed E-state index contributed by atoms with van der Waals surface area (Å²) in [5.41, 5.74) is -1.74. The van der Waals surface area contributed by atoms with E-state index in [1.807, 2.05) is 0 Å². The maximum atomic E-state index is 12.8. The van der Waals surface area contributed by atoms with Crippen molar-refractivity contribution >= 4 is 11.8 Å². The minimum Gasteiger partial charge on any atom is -0.465 e. The predicted molar refractivity (Wildman–Crippen MR) is 53.7 cm³/mol. The van der Waals surface area contributed by atoms with E-state index < -0.39 is 34.3 Å². The van der Waals surface area contributed by atoms with Crippen LogP contribution in [0.25, 0.3) is 0 Å². The summed E-state index contributed by atoms with van der Waals surface area (Å²) < 4.78 is 34.3. The number of rotatable bonds is 4. The fraction of sp³-hybridized carbons (Fsp3) is 0.333. The standard InChI is InChI=1S/C9H8F2N2O5/c1-17-5-3-4(7(10)11)6(9(14)18-2)8(12-5)13(15)16/h3,7H,1-2H3. The molecule has 1 heterocycles. The smallest absolute Gasteiger partial charge is 0.382 e. The number of carbonyl (C=O) groups excluding carboxylic acids is 1. The van der Waals surface area contributed by atoms with Crippen LogP contribution in [-0.4, -0.2) is 30.1 Å². The Morgan fingerprint density at radius 1 is 1.50 bits per heavy atom. The Bertz CT molecular complexity index is 492. The second-order valence-electron chi connectivity index (χ2n) is 3.00. The van der Waals surface area contributed by atoms with E-state index in [4.69, 9.17) is 0 Å². The fourth-order valence-electron chi connectivity index (χ4n) is 1.25. The molecular weight excluding hydrogens is 254 g/mol. The van der Waals surface area contributed by atoms with E-state index >= 15 is 0 Å². The molecule has 0 fully saturated rings. The van der Waals surface area contributed by atoms with Crippen LogP contribution in [0.3, 0.4) is 0 Å². The zero-order valence-corrected chi connectivity index (χ0v) is 9.35. The molecule has 1 aromatic rings. The molecule has 98 valence electrons. The summed E-state index contributed by atoms with van der Waals surface area (Å²) in [7, 11) is 2.03. The topological polar surface area (TPSA) is 91.6 Å². The van der Waals surface area contributed by atoms with Crippen LogP contribution in [0.1, 0.15) is 22.3 Å². The Kier molecular flexibility index (Phi) is 4.08. The summed E-state index contributed by atoms with van der Waals surface area (Å²) >= 11 is 0. The number of hydrogen-bond acceptors (Lipinski definition) is 6. The molecule has 0 radical (unpaired) electrons. The Balaban J connectivity index is 3.60. The molecule has 0 aliphatic carbocycles. The molecule has 0 bridgehead atoms. The predicted octanol–water partition coefficient (Wildman–Crippen LogP) is 1.72. The van der Waals surface area contributed by atoms with Gasteiger partial charge in [-0.1, -0.05) is 0 Å². The minimum atomic E-state index is -3.10. The number of hydrogen-bond donors (Lipinski definition) is 0. The first-order chi connectivity index (χ1) is 8.42. The number of aromatic nitrogens is 1. The maximum absolute atomic E-state index is 12.8. The van der Waals surface area contributed by atoms with Crippen molar-refractivity contribution < 1.29 is 28.0 Å². The molecule has 0 aliphatic rings. The summed E-state index contributed by atoms with van der Waals surface area (Å²) in [4.78, 5) is 24.3. The number of methoxy groups -OCH3 is 2. The first-order valence-electron chi connectivity index (χ1n) is 4.52. The molecule has 0 saturated heterocycles. The average Bonchev–Trinajstić information content (AvgIpc) is 2.35. The largest absolute Gasteiger partial charge is 0.465 e. The molecule has 0 unspecified atom stereocenters. The second kappa shape index (κ2) is 5.34. The van der Waals surface area contributed by atoms with Crippen molar-refractivity contribution in [3.63, 3.8) is 0 Å². The lowest BCUT2D eigenvalue weighted by Gasteiger charge is -2.07. The Morgan fingerprint density at radius 3 is 2.50 bits per heavy atom. The third-order valence-corrected chi connectivity index (χ3v) is 2.01. The highest BCUT2D eigenvalue weighted by molar-refractivity contribution is 5.95. The van der Waals surface area contributed by atoms with Crippen LogP contribution >= 0.6 is 0 Å². The number of pyridine rings is 1. The molecule has 0 saturated carbocycles. The van der Waals surface area contributed by atoms with Gasteiger partial charge in [-0.2, -0.15) is 0 Å². The molecule has 0 amide bonds. The van der Waals surface area contributed by atoms with Gasteiger partial charge in [-0.15, -0.1) is 0 Å². The summed E-state index contributed by atoms with van der Waals surface area (Å²) in [5, 5.41) is 10.7. The van der Waals surface area contributed by atoms with Gasteiger partial charge in [0.1, 0.15) is 0 Å². The quantitative estimate of drug-likeness (QED) is 0.466. The van der Waals surface area contributed by atoms with Gasteiger partial charge in [-0.3, -0.25) is 0 Å². The highest BCUT2D eigenvalue weighted by Gasteiger charge is 2.32. The number of halogens is 2. The third kappa shape index (κ3) is 2.50. The van der Waals surface area contributed by atoms with Crippen LogP contribution in [0.15, 0.2) is 6.07 Å². The van der Waals surface area contributed by atoms with Crippen molar-refractivity contribution in [2.24, 2.45) is 0 Å². The minimum absolute atomic E-state index is 0.385. The number of nitrogens with zero attached hydrogens (tertiary/aromatic N) is 2. The molecule has 7 nitrogen and oxygen atoms in total. The van der Waals surface area contributed by atoms with E-state index in [2.05, 4.69) is 14.5 Å². The van der Waals surface area contributed by atoms with Gasteiger partial charge in [0.05, 0.1) is 14.2 Å². The van der Waals surface area contributed by atoms with E-state index in [-0.39, 0.29) is 5.88 Å². The van der Waals surface area contributed by atoms with E-state index in [0.717, 1.165) is 20.3 Å². The van der Waals surface area contributed by atoms with Crippen LogP contribution in [0.2, 0.25) is 0 Å².